The maximum Gasteiger partial charge on any atom is 0.258 e. The Bertz CT molecular complexity index is 1100. The van der Waals surface area contributed by atoms with E-state index in [0.29, 0.717) is 18.7 Å². The van der Waals surface area contributed by atoms with Crippen molar-refractivity contribution in [3.63, 3.8) is 0 Å². The van der Waals surface area contributed by atoms with Crippen LogP contribution in [0.4, 0.5) is 0 Å². The number of nitrogens with zero attached hydrogens (tertiary/aromatic N) is 2. The number of fused-ring (bicyclic) bond motifs is 4. The number of allylic oxidation sites excluding steroid dienone is 1. The lowest BCUT2D eigenvalue weighted by atomic mass is 9.88. The number of amides is 1. The first-order valence-electron chi connectivity index (χ1n) is 11.7. The van der Waals surface area contributed by atoms with Gasteiger partial charge in [0.05, 0.1) is 12.1 Å². The van der Waals surface area contributed by atoms with Crippen molar-refractivity contribution in [2.75, 3.05) is 13.2 Å². The first-order valence-corrected chi connectivity index (χ1v) is 11.7. The van der Waals surface area contributed by atoms with Crippen molar-refractivity contribution in [2.24, 2.45) is 11.8 Å². The number of hydrogen-bond acceptors (Lipinski definition) is 4. The van der Waals surface area contributed by atoms with Crippen molar-refractivity contribution >= 4 is 12.0 Å². The van der Waals surface area contributed by atoms with Crippen LogP contribution in [0.25, 0.3) is 6.08 Å². The second kappa shape index (κ2) is 8.34. The molecule has 0 bridgehead atoms. The molecule has 3 aliphatic rings. The molecule has 0 unspecified atom stereocenters. The zero-order valence-electron chi connectivity index (χ0n) is 18.7. The number of carbonyl (C=O) groups excluding carboxylic acids is 1. The lowest BCUT2D eigenvalue weighted by Crippen LogP contribution is -2.51. The highest BCUT2D eigenvalue weighted by Crippen LogP contribution is 2.49. The summed E-state index contributed by atoms with van der Waals surface area (Å²) in [5.74, 6) is -0.157. The summed E-state index contributed by atoms with van der Waals surface area (Å²) in [6, 6.07) is 11.9. The van der Waals surface area contributed by atoms with Gasteiger partial charge in [-0.25, -0.2) is 0 Å². The Kier molecular flexibility index (Phi) is 5.51. The highest BCUT2D eigenvalue weighted by atomic mass is 16.3. The van der Waals surface area contributed by atoms with E-state index in [2.05, 4.69) is 29.3 Å². The summed E-state index contributed by atoms with van der Waals surface area (Å²) in [4.78, 5) is 28.7. The molecule has 2 aliphatic heterocycles. The van der Waals surface area contributed by atoms with Crippen LogP contribution in [0.1, 0.15) is 42.3 Å². The van der Waals surface area contributed by atoms with Gasteiger partial charge in [-0.15, -0.1) is 0 Å². The van der Waals surface area contributed by atoms with Gasteiger partial charge in [-0.3, -0.25) is 14.5 Å². The second-order valence-corrected chi connectivity index (χ2v) is 9.24. The second-order valence-electron chi connectivity index (χ2n) is 9.24. The molecule has 1 aromatic carbocycles. The number of benzene rings is 1. The van der Waals surface area contributed by atoms with Crippen LogP contribution < -0.4 is 10.9 Å². The first-order chi connectivity index (χ1) is 15.6. The molecule has 0 radical (unpaired) electrons. The van der Waals surface area contributed by atoms with Gasteiger partial charge in [0, 0.05) is 42.3 Å². The van der Waals surface area contributed by atoms with Gasteiger partial charge in [-0.05, 0) is 49.6 Å². The van der Waals surface area contributed by atoms with E-state index in [1.54, 1.807) is 0 Å². The minimum Gasteiger partial charge on any atom is -0.396 e. The fraction of sp³-hybridized carbons (Fsp3) is 0.462. The molecule has 1 aromatic heterocycles. The van der Waals surface area contributed by atoms with E-state index in [9.17, 15) is 14.7 Å². The van der Waals surface area contributed by atoms with Crippen LogP contribution in [0, 0.1) is 11.8 Å². The Morgan fingerprint density at radius 3 is 2.53 bits per heavy atom. The average Bonchev–Trinajstić information content (AvgIpc) is 3.45. The van der Waals surface area contributed by atoms with Crippen LogP contribution in [-0.2, 0) is 24.2 Å². The van der Waals surface area contributed by atoms with Crippen LogP contribution in [-0.4, -0.2) is 45.7 Å². The third-order valence-corrected chi connectivity index (χ3v) is 7.60. The Morgan fingerprint density at radius 2 is 1.91 bits per heavy atom. The summed E-state index contributed by atoms with van der Waals surface area (Å²) in [5.41, 5.74) is 4.24. The predicted octanol–water partition coefficient (Wildman–Crippen LogP) is 2.15. The van der Waals surface area contributed by atoms with E-state index in [-0.39, 0.29) is 48.0 Å². The number of aliphatic hydroxyl groups excluding tert-OH is 1. The lowest BCUT2D eigenvalue weighted by Gasteiger charge is -2.30. The number of rotatable bonds is 5. The fourth-order valence-corrected chi connectivity index (χ4v) is 6.25. The first kappa shape index (κ1) is 21.2. The van der Waals surface area contributed by atoms with E-state index in [0.717, 1.165) is 18.5 Å². The van der Waals surface area contributed by atoms with Gasteiger partial charge < -0.3 is 15.0 Å². The van der Waals surface area contributed by atoms with Gasteiger partial charge in [0.1, 0.15) is 0 Å². The van der Waals surface area contributed by atoms with Crippen molar-refractivity contribution in [3.8, 4) is 0 Å². The summed E-state index contributed by atoms with van der Waals surface area (Å²) >= 11 is 0. The number of nitrogens with one attached hydrogen (secondary N) is 1. The van der Waals surface area contributed by atoms with E-state index in [1.165, 1.54) is 11.1 Å². The largest absolute Gasteiger partial charge is 0.396 e. The smallest absolute Gasteiger partial charge is 0.258 e. The zero-order valence-corrected chi connectivity index (χ0v) is 18.7. The number of aliphatic hydroxyl groups is 1. The number of hydrogen-bond donors (Lipinski definition) is 2. The molecule has 3 heterocycles. The highest BCUT2D eigenvalue weighted by Gasteiger charge is 2.55. The van der Waals surface area contributed by atoms with Crippen molar-refractivity contribution in [1.82, 2.24) is 14.8 Å². The molecule has 2 aromatic rings. The molecular weight excluding hydrogens is 402 g/mol. The summed E-state index contributed by atoms with van der Waals surface area (Å²) in [7, 11) is 0. The molecule has 32 heavy (non-hydrogen) atoms. The maximum atomic E-state index is 13.5. The Morgan fingerprint density at radius 1 is 1.19 bits per heavy atom. The molecule has 6 nitrogen and oxygen atoms in total. The van der Waals surface area contributed by atoms with E-state index < -0.39 is 0 Å². The minimum atomic E-state index is -0.386. The molecule has 2 N–H and O–H groups in total. The van der Waals surface area contributed by atoms with Crippen LogP contribution in [0.3, 0.4) is 0 Å². The highest BCUT2D eigenvalue weighted by molar-refractivity contribution is 5.83. The molecule has 0 saturated carbocycles. The predicted molar refractivity (Wildman–Crippen MR) is 124 cm³/mol. The van der Waals surface area contributed by atoms with E-state index >= 15 is 0 Å². The Labute approximate surface area is 188 Å². The van der Waals surface area contributed by atoms with E-state index in [1.807, 2.05) is 47.9 Å². The molecule has 4 atom stereocenters. The summed E-state index contributed by atoms with van der Waals surface area (Å²) in [6.07, 6.45) is 5.41. The van der Waals surface area contributed by atoms with Gasteiger partial charge in [0.25, 0.3) is 5.56 Å². The maximum absolute atomic E-state index is 13.5. The number of carbonyl (C=O) groups is 1. The number of pyridine rings is 1. The van der Waals surface area contributed by atoms with Crippen molar-refractivity contribution < 1.29 is 9.90 Å². The van der Waals surface area contributed by atoms with Crippen LogP contribution >= 0.6 is 0 Å². The SMILES string of the molecule is CC=Cc1ccc2n(c1=O)C[C@H]1[C@H](CO)[C@@H](C(=O)NC3Cc4ccccc4C3)N(CC)[C@@H]21. The molecule has 1 saturated heterocycles. The summed E-state index contributed by atoms with van der Waals surface area (Å²) < 4.78 is 1.84. The van der Waals surface area contributed by atoms with Gasteiger partial charge in [-0.2, -0.15) is 0 Å². The Hall–Kier alpha value is -2.70. The van der Waals surface area contributed by atoms with Crippen LogP contribution in [0.2, 0.25) is 0 Å². The molecule has 1 aliphatic carbocycles. The van der Waals surface area contributed by atoms with Crippen molar-refractivity contribution in [2.45, 2.75) is 51.4 Å². The monoisotopic (exact) mass is 433 g/mol. The molecule has 1 fully saturated rings. The van der Waals surface area contributed by atoms with Crippen molar-refractivity contribution in [3.05, 3.63) is 75.2 Å². The molecule has 6 heteroatoms. The number of aromatic nitrogens is 1. The summed E-state index contributed by atoms with van der Waals surface area (Å²) in [5, 5.41) is 13.6. The molecule has 5 rings (SSSR count). The third kappa shape index (κ3) is 3.24. The molecule has 168 valence electrons. The van der Waals surface area contributed by atoms with Crippen molar-refractivity contribution in [1.29, 1.82) is 0 Å². The van der Waals surface area contributed by atoms with Gasteiger partial charge in [-0.1, -0.05) is 43.3 Å². The number of likely N-dealkylation sites (tertiary alicyclic amines) is 1. The zero-order chi connectivity index (χ0) is 22.4. The normalized spacial score (nSPS) is 27.0. The molecule has 1 amide bonds. The minimum absolute atomic E-state index is 0.00228. The van der Waals surface area contributed by atoms with Crippen LogP contribution in [0.5, 0.6) is 0 Å². The molecular formula is C26H31N3O3. The van der Waals surface area contributed by atoms with Gasteiger partial charge in [0.15, 0.2) is 0 Å². The third-order valence-electron chi connectivity index (χ3n) is 7.60. The quantitative estimate of drug-likeness (QED) is 0.758. The Balaban J connectivity index is 1.41. The van der Waals surface area contributed by atoms with Gasteiger partial charge in [0.2, 0.25) is 5.91 Å². The molecule has 0 spiro atoms. The van der Waals surface area contributed by atoms with E-state index in [4.69, 9.17) is 0 Å². The standard InChI is InChI=1S/C26H31N3O3/c1-3-7-16-10-11-22-23-20(14-29(22)26(16)32)21(15-30)24(28(23)4-2)25(31)27-19-12-17-8-5-6-9-18(17)13-19/h3,5-11,19-21,23-24,30H,4,12-15H2,1-2H3,(H,27,31)/t20-,21-,23+,24-/m0/s1. The summed E-state index contributed by atoms with van der Waals surface area (Å²) in [6.45, 7) is 5.12. The topological polar surface area (TPSA) is 74.6 Å². The van der Waals surface area contributed by atoms with Gasteiger partial charge >= 0.3 is 0 Å². The lowest BCUT2D eigenvalue weighted by molar-refractivity contribution is -0.128. The fourth-order valence-electron chi connectivity index (χ4n) is 6.25. The van der Waals surface area contributed by atoms with Crippen LogP contribution in [0.15, 0.2) is 47.3 Å². The average molecular weight is 434 g/mol. The number of likely N-dealkylation sites (N-methyl/N-ethyl adjacent to an activating group) is 1.